The van der Waals surface area contributed by atoms with E-state index >= 15 is 0 Å². The first-order chi connectivity index (χ1) is 6.61. The van der Waals surface area contributed by atoms with Gasteiger partial charge in [0.1, 0.15) is 0 Å². The van der Waals surface area contributed by atoms with Gasteiger partial charge in [-0.25, -0.2) is 4.79 Å². The van der Waals surface area contributed by atoms with Crippen LogP contribution in [0.5, 0.6) is 0 Å². The molecule has 1 amide bonds. The molecule has 0 radical (unpaired) electrons. The van der Waals surface area contributed by atoms with E-state index in [-0.39, 0.29) is 18.2 Å². The Morgan fingerprint density at radius 3 is 2.64 bits per heavy atom. The standard InChI is InChI=1S/C10H19NO3/c1-4-13-9-5-8(6-9)11-10(12)14-7(2)3/h7-9H,4-6H2,1-3H3,(H,11,12). The topological polar surface area (TPSA) is 47.6 Å². The Morgan fingerprint density at radius 1 is 1.50 bits per heavy atom. The summed E-state index contributed by atoms with van der Waals surface area (Å²) in [4.78, 5) is 11.1. The first kappa shape index (κ1) is 11.3. The van der Waals surface area contributed by atoms with Gasteiger partial charge in [0.15, 0.2) is 0 Å². The average molecular weight is 201 g/mol. The van der Waals surface area contributed by atoms with Crippen molar-refractivity contribution in [3.05, 3.63) is 0 Å². The fourth-order valence-corrected chi connectivity index (χ4v) is 1.47. The molecule has 1 fully saturated rings. The number of alkyl carbamates (subject to hydrolysis) is 1. The van der Waals surface area contributed by atoms with Gasteiger partial charge in [-0.3, -0.25) is 0 Å². The van der Waals surface area contributed by atoms with E-state index in [1.165, 1.54) is 0 Å². The number of nitrogens with one attached hydrogen (secondary N) is 1. The predicted octanol–water partition coefficient (Wildman–Crippen LogP) is 1.69. The number of ether oxygens (including phenoxy) is 2. The fraction of sp³-hybridized carbons (Fsp3) is 0.900. The first-order valence-corrected chi connectivity index (χ1v) is 5.20. The highest BCUT2D eigenvalue weighted by atomic mass is 16.6. The van der Waals surface area contributed by atoms with E-state index in [1.54, 1.807) is 0 Å². The molecule has 4 nitrogen and oxygen atoms in total. The Bertz CT molecular complexity index is 188. The Morgan fingerprint density at radius 2 is 2.14 bits per heavy atom. The minimum atomic E-state index is -0.319. The average Bonchev–Trinajstić information content (AvgIpc) is 1.99. The van der Waals surface area contributed by atoms with Crippen LogP contribution in [0.1, 0.15) is 33.6 Å². The molecular weight excluding hydrogens is 182 g/mol. The summed E-state index contributed by atoms with van der Waals surface area (Å²) in [6.45, 7) is 6.40. The smallest absolute Gasteiger partial charge is 0.407 e. The molecule has 0 atom stereocenters. The van der Waals surface area contributed by atoms with Crippen LogP contribution in [0.15, 0.2) is 0 Å². The van der Waals surface area contributed by atoms with Gasteiger partial charge in [0.25, 0.3) is 0 Å². The molecule has 0 aromatic heterocycles. The summed E-state index contributed by atoms with van der Waals surface area (Å²) in [5.41, 5.74) is 0. The number of carbonyl (C=O) groups excluding carboxylic acids is 1. The molecule has 0 spiro atoms. The lowest BCUT2D eigenvalue weighted by molar-refractivity contribution is -0.0106. The van der Waals surface area contributed by atoms with Gasteiger partial charge >= 0.3 is 6.09 Å². The van der Waals surface area contributed by atoms with Gasteiger partial charge in [0.2, 0.25) is 0 Å². The number of hydrogen-bond donors (Lipinski definition) is 1. The minimum Gasteiger partial charge on any atom is -0.447 e. The van der Waals surface area contributed by atoms with Crippen molar-refractivity contribution in [3.63, 3.8) is 0 Å². The van der Waals surface area contributed by atoms with Crippen LogP contribution >= 0.6 is 0 Å². The van der Waals surface area contributed by atoms with E-state index in [4.69, 9.17) is 9.47 Å². The van der Waals surface area contributed by atoms with E-state index < -0.39 is 0 Å². The highest BCUT2D eigenvalue weighted by Crippen LogP contribution is 2.23. The number of rotatable bonds is 4. The van der Waals surface area contributed by atoms with Crippen molar-refractivity contribution in [2.75, 3.05) is 6.61 Å². The largest absolute Gasteiger partial charge is 0.447 e. The van der Waals surface area contributed by atoms with Gasteiger partial charge in [-0.15, -0.1) is 0 Å². The van der Waals surface area contributed by atoms with Gasteiger partial charge in [-0.2, -0.15) is 0 Å². The summed E-state index contributed by atoms with van der Waals surface area (Å²) in [6.07, 6.45) is 1.75. The summed E-state index contributed by atoms with van der Waals surface area (Å²) in [6, 6.07) is 0.234. The van der Waals surface area contributed by atoms with Crippen LogP contribution in [-0.2, 0) is 9.47 Å². The van der Waals surface area contributed by atoms with E-state index in [9.17, 15) is 4.79 Å². The molecule has 0 aromatic rings. The Kier molecular flexibility index (Phi) is 4.20. The highest BCUT2D eigenvalue weighted by Gasteiger charge is 2.31. The zero-order chi connectivity index (χ0) is 10.6. The van der Waals surface area contributed by atoms with Crippen molar-refractivity contribution in [1.29, 1.82) is 0 Å². The van der Waals surface area contributed by atoms with E-state index in [2.05, 4.69) is 5.32 Å². The Labute approximate surface area is 85.0 Å². The number of hydrogen-bond acceptors (Lipinski definition) is 3. The third-order valence-electron chi connectivity index (χ3n) is 2.16. The van der Waals surface area contributed by atoms with Gasteiger partial charge in [-0.1, -0.05) is 0 Å². The van der Waals surface area contributed by atoms with Crippen molar-refractivity contribution in [2.45, 2.75) is 51.9 Å². The summed E-state index contributed by atoms with van der Waals surface area (Å²) < 4.78 is 10.3. The molecule has 4 heteroatoms. The second-order valence-corrected chi connectivity index (χ2v) is 3.84. The lowest BCUT2D eigenvalue weighted by Gasteiger charge is -2.35. The van der Waals surface area contributed by atoms with Gasteiger partial charge in [-0.05, 0) is 33.6 Å². The Hall–Kier alpha value is -0.770. The maximum absolute atomic E-state index is 11.1. The molecule has 0 bridgehead atoms. The van der Waals surface area contributed by atoms with Crippen LogP contribution in [0.4, 0.5) is 4.79 Å². The zero-order valence-corrected chi connectivity index (χ0v) is 9.08. The molecule has 1 rings (SSSR count). The second kappa shape index (κ2) is 5.20. The summed E-state index contributed by atoms with van der Waals surface area (Å²) in [7, 11) is 0. The summed E-state index contributed by atoms with van der Waals surface area (Å²) >= 11 is 0. The van der Waals surface area contributed by atoms with Crippen LogP contribution < -0.4 is 5.32 Å². The Balaban J connectivity index is 2.07. The van der Waals surface area contributed by atoms with E-state index in [0.717, 1.165) is 19.4 Å². The monoisotopic (exact) mass is 201 g/mol. The van der Waals surface area contributed by atoms with Gasteiger partial charge in [0, 0.05) is 12.6 Å². The molecule has 1 saturated carbocycles. The highest BCUT2D eigenvalue weighted by molar-refractivity contribution is 5.67. The van der Waals surface area contributed by atoms with Crippen molar-refractivity contribution in [1.82, 2.24) is 5.32 Å². The van der Waals surface area contributed by atoms with Crippen molar-refractivity contribution in [3.8, 4) is 0 Å². The molecule has 14 heavy (non-hydrogen) atoms. The third kappa shape index (κ3) is 3.54. The van der Waals surface area contributed by atoms with Crippen LogP contribution in [0, 0.1) is 0 Å². The zero-order valence-electron chi connectivity index (χ0n) is 9.08. The number of carbonyl (C=O) groups is 1. The van der Waals surface area contributed by atoms with Crippen molar-refractivity contribution >= 4 is 6.09 Å². The molecular formula is C10H19NO3. The molecule has 1 N–H and O–H groups in total. The van der Waals surface area contributed by atoms with Crippen LogP contribution in [0.3, 0.4) is 0 Å². The molecule has 0 heterocycles. The number of amides is 1. The lowest BCUT2D eigenvalue weighted by Crippen LogP contribution is -2.48. The summed E-state index contributed by atoms with van der Waals surface area (Å²) in [5, 5.41) is 2.79. The first-order valence-electron chi connectivity index (χ1n) is 5.20. The molecule has 82 valence electrons. The van der Waals surface area contributed by atoms with Crippen molar-refractivity contribution in [2.24, 2.45) is 0 Å². The normalized spacial score (nSPS) is 25.7. The molecule has 0 aliphatic heterocycles. The molecule has 1 aliphatic rings. The fourth-order valence-electron chi connectivity index (χ4n) is 1.47. The van der Waals surface area contributed by atoms with Crippen LogP contribution in [0.25, 0.3) is 0 Å². The van der Waals surface area contributed by atoms with Gasteiger partial charge in [0.05, 0.1) is 12.2 Å². The summed E-state index contributed by atoms with van der Waals surface area (Å²) in [5.74, 6) is 0. The SMILES string of the molecule is CCOC1CC(NC(=O)OC(C)C)C1. The minimum absolute atomic E-state index is 0.0576. The predicted molar refractivity (Wildman–Crippen MR) is 53.2 cm³/mol. The van der Waals surface area contributed by atoms with Crippen LogP contribution in [-0.4, -0.2) is 30.9 Å². The van der Waals surface area contributed by atoms with Gasteiger partial charge < -0.3 is 14.8 Å². The quantitative estimate of drug-likeness (QED) is 0.753. The van der Waals surface area contributed by atoms with Crippen molar-refractivity contribution < 1.29 is 14.3 Å². The molecule has 1 aliphatic carbocycles. The lowest BCUT2D eigenvalue weighted by atomic mass is 9.89. The maximum atomic E-state index is 11.1. The molecule has 0 aromatic carbocycles. The third-order valence-corrected chi connectivity index (χ3v) is 2.16. The van der Waals surface area contributed by atoms with Crippen LogP contribution in [0.2, 0.25) is 0 Å². The van der Waals surface area contributed by atoms with E-state index in [1.807, 2.05) is 20.8 Å². The second-order valence-electron chi connectivity index (χ2n) is 3.84. The maximum Gasteiger partial charge on any atom is 0.407 e. The molecule has 0 unspecified atom stereocenters. The van der Waals surface area contributed by atoms with E-state index in [0.29, 0.717) is 6.10 Å². The molecule has 0 saturated heterocycles.